The fourth-order valence-electron chi connectivity index (χ4n) is 1.73. The first-order valence-electron chi connectivity index (χ1n) is 4.82. The number of aromatic amines is 1. The summed E-state index contributed by atoms with van der Waals surface area (Å²) in [5, 5.41) is 7.55. The van der Waals surface area contributed by atoms with E-state index in [2.05, 4.69) is 15.0 Å². The highest BCUT2D eigenvalue weighted by atomic mass is 35.5. The molecule has 2 rings (SSSR count). The molecule has 0 unspecified atom stereocenters. The maximum absolute atomic E-state index is 6.94. The molecule has 0 saturated heterocycles. The van der Waals surface area contributed by atoms with Gasteiger partial charge in [0.1, 0.15) is 0 Å². The molecule has 1 aromatic carbocycles. The maximum Gasteiger partial charge on any atom is 0.205 e. The Kier molecular flexibility index (Phi) is 2.67. The van der Waals surface area contributed by atoms with Crippen LogP contribution in [0.4, 0.5) is 5.69 Å². The van der Waals surface area contributed by atoms with Gasteiger partial charge >= 0.3 is 0 Å². The van der Waals surface area contributed by atoms with E-state index in [-0.39, 0.29) is 0 Å². The highest BCUT2D eigenvalue weighted by Crippen LogP contribution is 2.32. The normalized spacial score (nSPS) is 10.1. The van der Waals surface area contributed by atoms with Crippen LogP contribution in [0.3, 0.4) is 0 Å². The number of rotatable bonds is 1. The van der Waals surface area contributed by atoms with Crippen molar-refractivity contribution in [3.8, 4) is 11.1 Å². The Morgan fingerprint density at radius 2 is 2.12 bits per heavy atom. The van der Waals surface area contributed by atoms with Gasteiger partial charge in [-0.15, -0.1) is 0 Å². The third kappa shape index (κ3) is 1.68. The summed E-state index contributed by atoms with van der Waals surface area (Å²) in [6.07, 6.45) is 0. The molecule has 0 aliphatic carbocycles. The third-order valence-electron chi connectivity index (χ3n) is 2.48. The lowest BCUT2D eigenvalue weighted by atomic mass is 10.0. The summed E-state index contributed by atoms with van der Waals surface area (Å²) < 4.78 is 0. The van der Waals surface area contributed by atoms with E-state index in [0.29, 0.717) is 10.7 Å². The van der Waals surface area contributed by atoms with Crippen LogP contribution >= 0.6 is 11.6 Å². The molecule has 80 valence electrons. The fraction of sp³-hybridized carbons (Fsp3) is 0.167. The number of hydrogen-bond donors (Lipinski definition) is 1. The second-order valence-electron chi connectivity index (χ2n) is 3.59. The minimum atomic E-state index is 0.476. The predicted molar refractivity (Wildman–Crippen MR) is 64.8 cm³/mol. The topological polar surface area (TPSA) is 33.0 Å². The molecule has 0 radical (unpaired) electrons. The van der Waals surface area contributed by atoms with Gasteiger partial charge in [-0.3, -0.25) is 5.10 Å². The van der Waals surface area contributed by atoms with Gasteiger partial charge in [0.05, 0.1) is 12.3 Å². The summed E-state index contributed by atoms with van der Waals surface area (Å²) in [6, 6.07) is 5.43. The van der Waals surface area contributed by atoms with Gasteiger partial charge in [0.25, 0.3) is 0 Å². The molecule has 3 nitrogen and oxygen atoms in total. The van der Waals surface area contributed by atoms with Crippen molar-refractivity contribution in [3.05, 3.63) is 46.0 Å². The standard InChI is InChI=1S/C12H10ClN3/c1-7-12(8(2)16-15-7)9-4-5-11(14-3)10(13)6-9/h4-6H,1-2H3,(H,15,16). The molecular formula is C12H10ClN3. The van der Waals surface area contributed by atoms with E-state index in [1.165, 1.54) is 0 Å². The van der Waals surface area contributed by atoms with Crippen LogP contribution in [-0.4, -0.2) is 10.2 Å². The SMILES string of the molecule is [C-]#[N+]c1ccc(-c2c(C)n[nH]c2C)cc1Cl. The van der Waals surface area contributed by atoms with Gasteiger partial charge in [-0.05, 0) is 25.5 Å². The van der Waals surface area contributed by atoms with Crippen molar-refractivity contribution in [2.24, 2.45) is 0 Å². The molecule has 1 aromatic heterocycles. The Balaban J connectivity index is 2.59. The van der Waals surface area contributed by atoms with Crippen molar-refractivity contribution in [1.82, 2.24) is 10.2 Å². The van der Waals surface area contributed by atoms with Crippen molar-refractivity contribution < 1.29 is 0 Å². The van der Waals surface area contributed by atoms with Gasteiger partial charge in [-0.2, -0.15) is 5.10 Å². The Morgan fingerprint density at radius 1 is 1.38 bits per heavy atom. The second-order valence-corrected chi connectivity index (χ2v) is 3.99. The summed E-state index contributed by atoms with van der Waals surface area (Å²) in [5.41, 5.74) is 4.46. The molecular weight excluding hydrogens is 222 g/mol. The largest absolute Gasteiger partial charge is 0.282 e. The number of benzene rings is 1. The van der Waals surface area contributed by atoms with Crippen molar-refractivity contribution >= 4 is 17.3 Å². The maximum atomic E-state index is 6.94. The minimum absolute atomic E-state index is 0.476. The Bertz CT molecular complexity index is 559. The zero-order valence-electron chi connectivity index (χ0n) is 9.00. The van der Waals surface area contributed by atoms with E-state index in [1.54, 1.807) is 12.1 Å². The first-order valence-corrected chi connectivity index (χ1v) is 5.20. The summed E-state index contributed by atoms with van der Waals surface area (Å²) in [5.74, 6) is 0. The molecule has 2 aromatic rings. The summed E-state index contributed by atoms with van der Waals surface area (Å²) >= 11 is 6.01. The molecule has 4 heteroatoms. The van der Waals surface area contributed by atoms with Crippen molar-refractivity contribution in [3.63, 3.8) is 0 Å². The average Bonchev–Trinajstić information content (AvgIpc) is 2.58. The molecule has 16 heavy (non-hydrogen) atoms. The van der Waals surface area contributed by atoms with Crippen molar-refractivity contribution in [2.75, 3.05) is 0 Å². The third-order valence-corrected chi connectivity index (χ3v) is 2.79. The molecule has 0 aliphatic rings. The lowest BCUT2D eigenvalue weighted by molar-refractivity contribution is 1.02. The van der Waals surface area contributed by atoms with Gasteiger partial charge < -0.3 is 0 Å². The molecule has 0 fully saturated rings. The second kappa shape index (κ2) is 3.99. The quantitative estimate of drug-likeness (QED) is 0.742. The van der Waals surface area contributed by atoms with Crippen molar-refractivity contribution in [1.29, 1.82) is 0 Å². The number of nitrogens with one attached hydrogen (secondary N) is 1. The summed E-state index contributed by atoms with van der Waals surface area (Å²) in [7, 11) is 0. The molecule has 1 heterocycles. The van der Waals surface area contributed by atoms with E-state index in [1.807, 2.05) is 19.9 Å². The number of aromatic nitrogens is 2. The number of nitrogens with zero attached hydrogens (tertiary/aromatic N) is 2. The van der Waals surface area contributed by atoms with Crippen LogP contribution in [0, 0.1) is 20.4 Å². The Morgan fingerprint density at radius 3 is 2.62 bits per heavy atom. The van der Waals surface area contributed by atoms with Crippen molar-refractivity contribution in [2.45, 2.75) is 13.8 Å². The highest BCUT2D eigenvalue weighted by molar-refractivity contribution is 6.33. The molecule has 0 bridgehead atoms. The van der Waals surface area contributed by atoms with Gasteiger partial charge in [0.15, 0.2) is 0 Å². The lowest BCUT2D eigenvalue weighted by Gasteiger charge is -2.03. The lowest BCUT2D eigenvalue weighted by Crippen LogP contribution is -1.82. The highest BCUT2D eigenvalue weighted by Gasteiger charge is 2.10. The zero-order valence-corrected chi connectivity index (χ0v) is 9.76. The van der Waals surface area contributed by atoms with E-state index in [0.717, 1.165) is 22.5 Å². The first-order chi connectivity index (χ1) is 7.63. The van der Waals surface area contributed by atoms with Crippen LogP contribution in [0.15, 0.2) is 18.2 Å². The van der Waals surface area contributed by atoms with Gasteiger partial charge in [-0.1, -0.05) is 23.7 Å². The average molecular weight is 232 g/mol. The van der Waals surface area contributed by atoms with Crippen LogP contribution in [-0.2, 0) is 0 Å². The summed E-state index contributed by atoms with van der Waals surface area (Å²) in [6.45, 7) is 10.8. The van der Waals surface area contributed by atoms with Crippen LogP contribution in [0.2, 0.25) is 5.02 Å². The predicted octanol–water partition coefficient (Wildman–Crippen LogP) is 3.90. The number of hydrogen-bond acceptors (Lipinski definition) is 1. The van der Waals surface area contributed by atoms with E-state index >= 15 is 0 Å². The minimum Gasteiger partial charge on any atom is -0.282 e. The van der Waals surface area contributed by atoms with Crippen LogP contribution in [0.25, 0.3) is 16.0 Å². The van der Waals surface area contributed by atoms with Crippen LogP contribution in [0.5, 0.6) is 0 Å². The molecule has 0 amide bonds. The monoisotopic (exact) mass is 231 g/mol. The fourth-order valence-corrected chi connectivity index (χ4v) is 1.95. The number of aryl methyl sites for hydroxylation is 2. The first kappa shape index (κ1) is 10.7. The number of halogens is 1. The molecule has 1 N–H and O–H groups in total. The molecule has 0 aliphatic heterocycles. The molecule has 0 saturated carbocycles. The van der Waals surface area contributed by atoms with Crippen LogP contribution < -0.4 is 0 Å². The van der Waals surface area contributed by atoms with E-state index in [9.17, 15) is 0 Å². The zero-order chi connectivity index (χ0) is 11.7. The smallest absolute Gasteiger partial charge is 0.205 e. The molecule has 0 spiro atoms. The molecule has 0 atom stereocenters. The van der Waals surface area contributed by atoms with Gasteiger partial charge in [0, 0.05) is 16.3 Å². The number of H-pyrrole nitrogens is 1. The Hall–Kier alpha value is -1.79. The summed E-state index contributed by atoms with van der Waals surface area (Å²) in [4.78, 5) is 3.33. The van der Waals surface area contributed by atoms with E-state index < -0.39 is 0 Å². The van der Waals surface area contributed by atoms with E-state index in [4.69, 9.17) is 18.2 Å². The Labute approximate surface area is 98.9 Å². The van der Waals surface area contributed by atoms with Crippen LogP contribution in [0.1, 0.15) is 11.4 Å². The van der Waals surface area contributed by atoms with Gasteiger partial charge in [0.2, 0.25) is 5.69 Å². The van der Waals surface area contributed by atoms with Gasteiger partial charge in [-0.25, -0.2) is 4.85 Å².